The molecule has 1 aromatic carbocycles. The molecule has 21 heavy (non-hydrogen) atoms. The number of carbonyl (C=O) groups excluding carboxylic acids is 1. The summed E-state index contributed by atoms with van der Waals surface area (Å²) in [4.78, 5) is 22.1. The number of hydrogen-bond acceptors (Lipinski definition) is 5. The molecule has 1 N–H and O–H groups in total. The minimum Gasteiger partial charge on any atom is -0.477 e. The SMILES string of the molecule is O=C(Oc1ccccc1C(F)(F)F)c1cc(C(=O)O)sn1. The van der Waals surface area contributed by atoms with Gasteiger partial charge in [-0.2, -0.15) is 17.5 Å². The third-order valence-electron chi connectivity index (χ3n) is 2.33. The Balaban J connectivity index is 2.25. The number of rotatable bonds is 3. The summed E-state index contributed by atoms with van der Waals surface area (Å²) in [7, 11) is 0. The van der Waals surface area contributed by atoms with E-state index in [-0.39, 0.29) is 10.6 Å². The molecule has 0 saturated carbocycles. The molecule has 0 saturated heterocycles. The number of esters is 1. The lowest BCUT2D eigenvalue weighted by molar-refractivity contribution is -0.138. The van der Waals surface area contributed by atoms with Gasteiger partial charge in [-0.3, -0.25) is 0 Å². The van der Waals surface area contributed by atoms with Gasteiger partial charge in [0.1, 0.15) is 10.6 Å². The number of aromatic carboxylic acids is 1. The molecular weight excluding hydrogens is 311 g/mol. The molecule has 1 aromatic heterocycles. The van der Waals surface area contributed by atoms with Gasteiger partial charge in [-0.25, -0.2) is 9.59 Å². The number of nitrogens with zero attached hydrogens (tertiary/aromatic N) is 1. The van der Waals surface area contributed by atoms with Crippen LogP contribution in [0.25, 0.3) is 0 Å². The zero-order chi connectivity index (χ0) is 15.6. The minimum absolute atomic E-state index is 0.217. The lowest BCUT2D eigenvalue weighted by Crippen LogP contribution is -2.14. The van der Waals surface area contributed by atoms with Crippen LogP contribution in [0.5, 0.6) is 5.75 Å². The van der Waals surface area contributed by atoms with E-state index in [1.165, 1.54) is 6.07 Å². The maximum absolute atomic E-state index is 12.7. The molecular formula is C12H6F3NO4S. The van der Waals surface area contributed by atoms with Crippen LogP contribution in [0.1, 0.15) is 25.7 Å². The molecule has 2 rings (SSSR count). The summed E-state index contributed by atoms with van der Waals surface area (Å²) in [5.41, 5.74) is -1.47. The van der Waals surface area contributed by atoms with E-state index < -0.39 is 29.4 Å². The van der Waals surface area contributed by atoms with Gasteiger partial charge in [0, 0.05) is 0 Å². The summed E-state index contributed by atoms with van der Waals surface area (Å²) in [6, 6.07) is 5.14. The van der Waals surface area contributed by atoms with Crippen LogP contribution in [0.2, 0.25) is 0 Å². The van der Waals surface area contributed by atoms with Crippen molar-refractivity contribution in [1.29, 1.82) is 0 Å². The molecule has 0 amide bonds. The van der Waals surface area contributed by atoms with Gasteiger partial charge in [-0.15, -0.1) is 0 Å². The van der Waals surface area contributed by atoms with E-state index >= 15 is 0 Å². The molecule has 0 fully saturated rings. The number of halogens is 3. The summed E-state index contributed by atoms with van der Waals surface area (Å²) < 4.78 is 46.4. The number of benzene rings is 1. The first kappa shape index (κ1) is 15.0. The first-order valence-corrected chi connectivity index (χ1v) is 6.15. The highest BCUT2D eigenvalue weighted by Crippen LogP contribution is 2.36. The minimum atomic E-state index is -4.68. The van der Waals surface area contributed by atoms with Gasteiger partial charge in [0.2, 0.25) is 0 Å². The normalized spacial score (nSPS) is 11.2. The number of hydrogen-bond donors (Lipinski definition) is 1. The van der Waals surface area contributed by atoms with Crippen LogP contribution in [0.15, 0.2) is 30.3 Å². The number of aromatic nitrogens is 1. The lowest BCUT2D eigenvalue weighted by atomic mass is 10.2. The van der Waals surface area contributed by atoms with Crippen LogP contribution in [-0.4, -0.2) is 21.4 Å². The van der Waals surface area contributed by atoms with Gasteiger partial charge >= 0.3 is 18.1 Å². The van der Waals surface area contributed by atoms with E-state index in [4.69, 9.17) is 5.11 Å². The lowest BCUT2D eigenvalue weighted by Gasteiger charge is -2.11. The summed E-state index contributed by atoms with van der Waals surface area (Å²) >= 11 is 0.534. The molecule has 2 aromatic rings. The monoisotopic (exact) mass is 317 g/mol. The Labute approximate surface area is 119 Å². The zero-order valence-corrected chi connectivity index (χ0v) is 10.9. The van der Waals surface area contributed by atoms with Gasteiger partial charge in [0.25, 0.3) is 0 Å². The Bertz CT molecular complexity index is 696. The number of para-hydroxylation sites is 1. The molecule has 0 aliphatic carbocycles. The van der Waals surface area contributed by atoms with E-state index in [0.717, 1.165) is 24.3 Å². The highest BCUT2D eigenvalue weighted by Gasteiger charge is 2.34. The molecule has 0 bridgehead atoms. The van der Waals surface area contributed by atoms with Crippen LogP contribution in [-0.2, 0) is 6.18 Å². The molecule has 110 valence electrons. The fourth-order valence-electron chi connectivity index (χ4n) is 1.41. The van der Waals surface area contributed by atoms with Gasteiger partial charge in [0.05, 0.1) is 5.56 Å². The molecule has 0 radical (unpaired) electrons. The summed E-state index contributed by atoms with van der Waals surface area (Å²) in [6.07, 6.45) is -4.68. The van der Waals surface area contributed by atoms with E-state index in [1.54, 1.807) is 0 Å². The van der Waals surface area contributed by atoms with Crippen LogP contribution in [0.4, 0.5) is 13.2 Å². The predicted molar refractivity (Wildman–Crippen MR) is 65.5 cm³/mol. The van der Waals surface area contributed by atoms with Gasteiger partial charge in [-0.05, 0) is 29.7 Å². The number of alkyl halides is 3. The molecule has 0 aliphatic rings. The number of carboxylic acids is 1. The van der Waals surface area contributed by atoms with Crippen molar-refractivity contribution in [3.63, 3.8) is 0 Å². The van der Waals surface area contributed by atoms with E-state index in [9.17, 15) is 22.8 Å². The van der Waals surface area contributed by atoms with E-state index in [0.29, 0.717) is 11.5 Å². The van der Waals surface area contributed by atoms with Crippen molar-refractivity contribution >= 4 is 23.5 Å². The first-order valence-electron chi connectivity index (χ1n) is 5.37. The Morgan fingerprint density at radius 3 is 2.48 bits per heavy atom. The van der Waals surface area contributed by atoms with Crippen LogP contribution < -0.4 is 4.74 Å². The van der Waals surface area contributed by atoms with Gasteiger partial charge in [0.15, 0.2) is 5.69 Å². The molecule has 0 spiro atoms. The van der Waals surface area contributed by atoms with Crippen LogP contribution in [0, 0.1) is 0 Å². The van der Waals surface area contributed by atoms with E-state index in [1.807, 2.05) is 0 Å². The molecule has 0 aliphatic heterocycles. The fourth-order valence-corrected chi connectivity index (χ4v) is 1.98. The smallest absolute Gasteiger partial charge is 0.419 e. The van der Waals surface area contributed by atoms with Gasteiger partial charge < -0.3 is 9.84 Å². The Kier molecular flexibility index (Phi) is 3.94. The standard InChI is InChI=1S/C12H6F3NO4S/c13-12(14,15)6-3-1-2-4-8(6)20-11(19)7-5-9(10(17)18)21-16-7/h1-5H,(H,17,18). The number of carbonyl (C=O) groups is 2. The summed E-state index contributed by atoms with van der Waals surface area (Å²) in [5, 5.41) is 8.69. The van der Waals surface area contributed by atoms with E-state index in [2.05, 4.69) is 9.11 Å². The van der Waals surface area contributed by atoms with Crippen molar-refractivity contribution in [3.8, 4) is 5.75 Å². The molecule has 0 atom stereocenters. The third kappa shape index (κ3) is 3.37. The highest BCUT2D eigenvalue weighted by atomic mass is 32.1. The van der Waals surface area contributed by atoms with Gasteiger partial charge in [-0.1, -0.05) is 12.1 Å². The second-order valence-corrected chi connectivity index (χ2v) is 4.57. The number of ether oxygens (including phenoxy) is 1. The van der Waals surface area contributed by atoms with Crippen molar-refractivity contribution < 1.29 is 32.6 Å². The summed E-state index contributed by atoms with van der Waals surface area (Å²) in [5.74, 6) is -3.11. The molecule has 5 nitrogen and oxygen atoms in total. The van der Waals surface area contributed by atoms with Crippen molar-refractivity contribution in [3.05, 3.63) is 46.5 Å². The zero-order valence-electron chi connectivity index (χ0n) is 10.0. The average Bonchev–Trinajstić information content (AvgIpc) is 2.88. The maximum Gasteiger partial charge on any atom is 0.419 e. The number of carboxylic acid groups (broad SMARTS) is 1. The largest absolute Gasteiger partial charge is 0.477 e. The maximum atomic E-state index is 12.7. The van der Waals surface area contributed by atoms with Crippen molar-refractivity contribution in [1.82, 2.24) is 4.37 Å². The Morgan fingerprint density at radius 1 is 1.24 bits per heavy atom. The summed E-state index contributed by atoms with van der Waals surface area (Å²) in [6.45, 7) is 0. The van der Waals surface area contributed by atoms with Crippen molar-refractivity contribution in [2.24, 2.45) is 0 Å². The van der Waals surface area contributed by atoms with Crippen LogP contribution in [0.3, 0.4) is 0 Å². The predicted octanol–water partition coefficient (Wildman–Crippen LogP) is 3.08. The quantitative estimate of drug-likeness (QED) is 0.695. The first-order chi connectivity index (χ1) is 9.79. The molecule has 0 unspecified atom stereocenters. The average molecular weight is 317 g/mol. The van der Waals surface area contributed by atoms with Crippen molar-refractivity contribution in [2.45, 2.75) is 6.18 Å². The van der Waals surface area contributed by atoms with Crippen molar-refractivity contribution in [2.75, 3.05) is 0 Å². The fraction of sp³-hybridized carbons (Fsp3) is 0.0833. The second kappa shape index (κ2) is 5.52. The third-order valence-corrected chi connectivity index (χ3v) is 3.10. The highest BCUT2D eigenvalue weighted by molar-refractivity contribution is 7.08. The second-order valence-electron chi connectivity index (χ2n) is 3.76. The van der Waals surface area contributed by atoms with Crippen LogP contribution >= 0.6 is 11.5 Å². The Hall–Kier alpha value is -2.42. The topological polar surface area (TPSA) is 76.5 Å². The molecule has 9 heteroatoms. The Morgan fingerprint density at radius 2 is 1.90 bits per heavy atom. The molecule has 1 heterocycles.